The van der Waals surface area contributed by atoms with Gasteiger partial charge in [-0.05, 0) is 159 Å². The number of hydrogen-bond acceptors (Lipinski definition) is 21. The van der Waals surface area contributed by atoms with Gasteiger partial charge in [0.1, 0.15) is 34.5 Å². The Kier molecular flexibility index (Phi) is 28.9. The number of ether oxygens (including phenoxy) is 4. The van der Waals surface area contributed by atoms with E-state index in [1.165, 1.54) is 70.5 Å². The number of aliphatic hydroxyl groups is 2. The average molecular weight is 1570 g/mol. The lowest BCUT2D eigenvalue weighted by atomic mass is 10.1. The second-order valence-electron chi connectivity index (χ2n) is 23.9. The Hall–Kier alpha value is -9.66. The number of nitrogen functional groups attached to an aromatic ring is 1. The number of benzene rings is 6. The van der Waals surface area contributed by atoms with E-state index >= 15 is 0 Å². The number of aliphatic hydroxyl groups excluding tert-OH is 2. The van der Waals surface area contributed by atoms with Gasteiger partial charge in [-0.15, -0.1) is 12.4 Å². The number of nitrogens with zero attached hydrogens (tertiary/aromatic N) is 6. The number of hydrogen-bond donors (Lipinski definition) is 6. The van der Waals surface area contributed by atoms with Crippen molar-refractivity contribution in [2.24, 2.45) is 0 Å². The highest BCUT2D eigenvalue weighted by Crippen LogP contribution is 2.32. The zero-order chi connectivity index (χ0) is 76.2. The highest BCUT2D eigenvalue weighted by Gasteiger charge is 2.34. The molecule has 0 unspecified atom stereocenters. The van der Waals surface area contributed by atoms with Crippen molar-refractivity contribution in [1.29, 1.82) is 0 Å². The van der Waals surface area contributed by atoms with Crippen LogP contribution in [0.25, 0.3) is 64.4 Å². The molecule has 0 spiro atoms. The van der Waals surface area contributed by atoms with Gasteiger partial charge in [0.2, 0.25) is 0 Å². The molecule has 2 fully saturated rings. The van der Waals surface area contributed by atoms with Crippen molar-refractivity contribution in [3.05, 3.63) is 233 Å². The quantitative estimate of drug-likeness (QED) is 0.0297. The number of carboxylic acids is 1. The molecule has 2 saturated heterocycles. The summed E-state index contributed by atoms with van der Waals surface area (Å²) in [5, 5.41) is 32.3. The predicted octanol–water partition coefficient (Wildman–Crippen LogP) is 15.8. The number of anilines is 3. The molecule has 0 aliphatic carbocycles. The number of amides is 2. The number of pyridine rings is 3. The van der Waals surface area contributed by atoms with Crippen molar-refractivity contribution >= 4 is 144 Å². The van der Waals surface area contributed by atoms with Gasteiger partial charge in [-0.25, -0.2) is 32.9 Å². The number of halogens is 7. The Bertz CT molecular complexity index is 4940. The third-order valence-electron chi connectivity index (χ3n) is 15.2. The number of carbonyl (C=O) groups is 5. The van der Waals surface area contributed by atoms with Crippen LogP contribution in [-0.2, 0) is 47.8 Å². The lowest BCUT2D eigenvalue weighted by Gasteiger charge is -2.17. The summed E-state index contributed by atoms with van der Waals surface area (Å²) in [6.45, 7) is 7.94. The first-order valence-electron chi connectivity index (χ1n) is 32.5. The number of para-hydroxylation sites is 3. The van der Waals surface area contributed by atoms with Crippen LogP contribution in [0, 0.1) is 17.5 Å². The number of carboxylic acid groups (broad SMARTS) is 1. The molecular formula is C75H68Cl3F4N9O12S3. The molecule has 14 rings (SSSR count). The number of aromatic carboxylic acids is 1. The van der Waals surface area contributed by atoms with Crippen LogP contribution in [0.3, 0.4) is 0 Å². The predicted molar refractivity (Wildman–Crippen MR) is 405 cm³/mol. The summed E-state index contributed by atoms with van der Waals surface area (Å²) in [5.41, 5.74) is 13.4. The summed E-state index contributed by atoms with van der Waals surface area (Å²) in [5.74, 6) is -4.23. The number of carbonyl (C=O) groups excluding carboxylic acids is 4. The molecule has 2 aliphatic rings. The molecule has 0 saturated carbocycles. The van der Waals surface area contributed by atoms with Gasteiger partial charge in [-0.1, -0.05) is 107 Å². The minimum atomic E-state index is -1.14. The number of fused-ring (bicyclic) bond motifs is 3. The molecule has 3 atom stereocenters. The fraction of sp³-hybridized carbons (Fsp3) is 0.213. The van der Waals surface area contributed by atoms with E-state index in [-0.39, 0.29) is 65.5 Å². The van der Waals surface area contributed by atoms with Gasteiger partial charge < -0.3 is 40.0 Å². The van der Waals surface area contributed by atoms with E-state index in [0.717, 1.165) is 41.8 Å². The maximum Gasteiger partial charge on any atom is 0.335 e. The first-order chi connectivity index (χ1) is 50.6. The lowest BCUT2D eigenvalue weighted by molar-refractivity contribution is -0.138. The van der Waals surface area contributed by atoms with Crippen molar-refractivity contribution in [2.75, 3.05) is 43.3 Å². The maximum absolute atomic E-state index is 14.8. The van der Waals surface area contributed by atoms with Gasteiger partial charge in [-0.3, -0.25) is 49.2 Å². The average Bonchev–Trinajstić information content (AvgIpc) is 1.81. The smallest absolute Gasteiger partial charge is 0.335 e. The maximum atomic E-state index is 14.8. The fourth-order valence-corrected chi connectivity index (χ4v) is 12.9. The van der Waals surface area contributed by atoms with E-state index < -0.39 is 65.3 Å². The summed E-state index contributed by atoms with van der Waals surface area (Å²) in [7, 11) is -1.00. The largest absolute Gasteiger partial charge is 0.478 e. The van der Waals surface area contributed by atoms with Crippen LogP contribution < -0.4 is 16.4 Å². The first-order valence-corrected chi connectivity index (χ1v) is 35.0. The molecule has 106 heavy (non-hydrogen) atoms. The number of rotatable bonds is 16. The van der Waals surface area contributed by atoms with Crippen LogP contribution in [0.5, 0.6) is 0 Å². The van der Waals surface area contributed by atoms with Gasteiger partial charge in [0.25, 0.3) is 11.8 Å². The molecule has 8 heterocycles. The van der Waals surface area contributed by atoms with E-state index in [2.05, 4.69) is 63.7 Å². The van der Waals surface area contributed by atoms with Gasteiger partial charge in [0.05, 0.1) is 82.9 Å². The van der Waals surface area contributed by atoms with E-state index in [9.17, 15) is 46.6 Å². The van der Waals surface area contributed by atoms with Crippen molar-refractivity contribution in [1.82, 2.24) is 29.9 Å². The van der Waals surface area contributed by atoms with Gasteiger partial charge in [0.15, 0.2) is 27.0 Å². The molecule has 21 nitrogen and oxygen atoms in total. The Morgan fingerprint density at radius 1 is 0.566 bits per heavy atom. The second kappa shape index (κ2) is 38.0. The monoisotopic (exact) mass is 1560 g/mol. The molecule has 2 aliphatic heterocycles. The molecule has 0 bridgehead atoms. The zero-order valence-corrected chi connectivity index (χ0v) is 61.5. The Labute approximate surface area is 634 Å². The third kappa shape index (κ3) is 23.2. The minimum absolute atomic E-state index is 0. The molecule has 6 aromatic heterocycles. The Balaban J connectivity index is 0.000000180. The van der Waals surface area contributed by atoms with Crippen LogP contribution in [0.1, 0.15) is 76.8 Å². The molecule has 6 aromatic carbocycles. The highest BCUT2D eigenvalue weighted by molar-refractivity contribution is 7.23. The van der Waals surface area contributed by atoms with Crippen molar-refractivity contribution < 1.29 is 77.2 Å². The van der Waals surface area contributed by atoms with Crippen LogP contribution >= 0.6 is 69.6 Å². The fourth-order valence-electron chi connectivity index (χ4n) is 10.4. The number of nitrogens with two attached hydrogens (primary N) is 1. The van der Waals surface area contributed by atoms with Crippen molar-refractivity contribution in [3.63, 3.8) is 0 Å². The van der Waals surface area contributed by atoms with Gasteiger partial charge >= 0.3 is 16.5 Å². The van der Waals surface area contributed by atoms with Crippen molar-refractivity contribution in [2.45, 2.75) is 76.8 Å². The van der Waals surface area contributed by atoms with Gasteiger partial charge in [-0.2, -0.15) is 0 Å². The number of thiazole rings is 3. The van der Waals surface area contributed by atoms with Crippen LogP contribution in [0.4, 0.5) is 33.0 Å². The highest BCUT2D eigenvalue weighted by atomic mass is 35.5. The van der Waals surface area contributed by atoms with Crippen LogP contribution in [-0.4, -0.2) is 130 Å². The lowest BCUT2D eigenvalue weighted by Crippen LogP contribution is -2.22. The standard InChI is InChI=1S/C25H22FN3O3S.C22H18FN3O3S.C18H18FNO4.C7H6N2S.C2Cl2O2.CH3F.ClH/c1-25(2)31-14-18(32-25)11-15-12-19(26)22(27-13-15)16-7-9-17(10-8-16)23(30)29-24-28-20-5-3-4-6-21(20)33-24;23-17-10-13(9-16(28)12-27)11-24-20(17)14-5-7-15(8-6-14)21(29)26-22-25-18-3-1-2-4-19(18)30-22;1-18(2)23-10-14(24-18)7-11-8-15(19)16(20-9-11)12-3-5-13(6-4-12)17(21)22;8-7-9-5-3-1-2-4-6(5)10-7;3-1(5)2(4)6;1-2;/h3-10,12-13,18H,11,14H2,1-2H3,(H,28,29,30);1-8,10-11,16,27-28H,9,12H2,(H,25,26,29);3-6,8-9,14H,7,10H2,1-2H3,(H,21,22);1-4H,(H2,8,9);;1H3;1H/t18-;16-;14-;;;;/m111..../s1/i;;;;;1D;. The summed E-state index contributed by atoms with van der Waals surface area (Å²) in [6.07, 6.45) is 4.69. The SMILES string of the molecule is CC1(C)OC[C@@H](Cc2cnc(-c3ccc(C(=O)Nc4nc5ccccc5s4)cc3)c(F)c2)O1.CC1(C)OC[C@@H](Cc2cnc(-c3ccc(C(=O)O)cc3)c(F)c2)O1.Cl.Nc1nc2ccccc2s1.O=C(Cl)C(=O)Cl.O=C(Nc1nc2ccccc2s1)c1ccc(-c2ncc(C[C@@H](O)CO)cc2F)cc1.[2H]CF. The Morgan fingerprint density at radius 2 is 0.906 bits per heavy atom. The molecule has 552 valence electrons. The number of nitrogens with one attached hydrogen (secondary N) is 2. The van der Waals surface area contributed by atoms with Crippen LogP contribution in [0.2, 0.25) is 0 Å². The van der Waals surface area contributed by atoms with Crippen LogP contribution in [0.15, 0.2) is 182 Å². The Morgan fingerprint density at radius 3 is 1.23 bits per heavy atom. The minimum Gasteiger partial charge on any atom is -0.478 e. The van der Waals surface area contributed by atoms with E-state index in [0.29, 0.717) is 74.8 Å². The second-order valence-corrected chi connectivity index (χ2v) is 27.7. The zero-order valence-electron chi connectivity index (χ0n) is 57.7. The van der Waals surface area contributed by atoms with E-state index in [4.69, 9.17) is 36.3 Å². The summed E-state index contributed by atoms with van der Waals surface area (Å²) >= 11 is 13.3. The number of alkyl halides is 1. The summed E-state index contributed by atoms with van der Waals surface area (Å²) in [6, 6.07) is 46.5. The summed E-state index contributed by atoms with van der Waals surface area (Å²) in [4.78, 5) is 80.4. The normalized spacial score (nSPS) is 14.8. The summed E-state index contributed by atoms with van der Waals surface area (Å²) < 4.78 is 84.8. The topological polar surface area (TPSA) is 310 Å². The molecule has 12 aromatic rings. The van der Waals surface area contributed by atoms with Gasteiger partial charge in [0, 0.05) is 65.7 Å². The molecule has 7 N–H and O–H groups in total. The van der Waals surface area contributed by atoms with Crippen molar-refractivity contribution in [3.8, 4) is 33.8 Å². The molecular weight excluding hydrogens is 1500 g/mol. The molecule has 31 heteroatoms. The molecule has 0 radical (unpaired) electrons. The van der Waals surface area contributed by atoms with E-state index in [1.807, 2.05) is 100 Å². The first kappa shape index (κ1) is 80.4. The van der Waals surface area contributed by atoms with E-state index in [1.54, 1.807) is 73.1 Å². The third-order valence-corrected chi connectivity index (χ3v) is 18.4. The number of aromatic nitrogens is 6. The molecule has 2 amide bonds.